The van der Waals surface area contributed by atoms with E-state index in [1.807, 2.05) is 73.7 Å². The molecule has 3 aromatic rings. The van der Waals surface area contributed by atoms with Crippen LogP contribution in [0.25, 0.3) is 10.8 Å². The highest BCUT2D eigenvalue weighted by Crippen LogP contribution is 2.28. The van der Waals surface area contributed by atoms with Crippen molar-refractivity contribution >= 4 is 16.7 Å². The molecule has 0 N–H and O–H groups in total. The van der Waals surface area contributed by atoms with Crippen molar-refractivity contribution in [1.82, 2.24) is 0 Å². The monoisotopic (exact) mass is 358 g/mol. The van der Waals surface area contributed by atoms with Crippen LogP contribution < -0.4 is 0 Å². The number of rotatable bonds is 5. The smallest absolute Gasteiger partial charge is 0.303 e. The van der Waals surface area contributed by atoms with Gasteiger partial charge < -0.3 is 9.47 Å². The Balaban J connectivity index is 1.82. The summed E-state index contributed by atoms with van der Waals surface area (Å²) in [4.78, 5) is 11.4. The van der Waals surface area contributed by atoms with Crippen LogP contribution in [0.15, 0.2) is 66.7 Å². The van der Waals surface area contributed by atoms with Gasteiger partial charge >= 0.3 is 5.97 Å². The van der Waals surface area contributed by atoms with Gasteiger partial charge in [-0.2, -0.15) is 0 Å². The molecule has 27 heavy (non-hydrogen) atoms. The van der Waals surface area contributed by atoms with Gasteiger partial charge in [0.15, 0.2) is 0 Å². The molecule has 0 heterocycles. The fourth-order valence-corrected chi connectivity index (χ4v) is 3.00. The van der Waals surface area contributed by atoms with Crippen LogP contribution >= 0.6 is 0 Å². The molecule has 136 valence electrons. The fraction of sp³-hybridized carbons (Fsp3) is 0.208. The van der Waals surface area contributed by atoms with Gasteiger partial charge in [-0.3, -0.25) is 4.79 Å². The number of ether oxygens (including phenoxy) is 2. The first-order valence-electron chi connectivity index (χ1n) is 8.94. The molecule has 0 saturated carbocycles. The van der Waals surface area contributed by atoms with Crippen molar-refractivity contribution in [3.63, 3.8) is 0 Å². The quantitative estimate of drug-likeness (QED) is 0.364. The van der Waals surface area contributed by atoms with E-state index in [4.69, 9.17) is 9.47 Å². The minimum atomic E-state index is -0.360. The van der Waals surface area contributed by atoms with Crippen molar-refractivity contribution in [2.75, 3.05) is 6.61 Å². The van der Waals surface area contributed by atoms with E-state index in [9.17, 15) is 4.79 Å². The molecule has 3 nitrogen and oxygen atoms in total. The zero-order valence-corrected chi connectivity index (χ0v) is 15.6. The van der Waals surface area contributed by atoms with Gasteiger partial charge in [-0.1, -0.05) is 78.6 Å². The largest absolute Gasteiger partial charge is 0.458 e. The van der Waals surface area contributed by atoms with E-state index in [0.29, 0.717) is 13.2 Å². The van der Waals surface area contributed by atoms with Crippen LogP contribution in [0.2, 0.25) is 0 Å². The standard InChI is InChI=1S/C24H22O3/c1-18(27-19(2)25)22-15-14-21-11-6-7-12-23(21)24(22)13-8-16-26-17-20-9-4-3-5-10-20/h3-7,9-12,14-15,18H,16-17H2,1-2H3. The van der Waals surface area contributed by atoms with Gasteiger partial charge in [-0.25, -0.2) is 0 Å². The Labute approximate surface area is 159 Å². The molecule has 3 rings (SSSR count). The van der Waals surface area contributed by atoms with Crippen LogP contribution in [0.4, 0.5) is 0 Å². The summed E-state index contributed by atoms with van der Waals surface area (Å²) < 4.78 is 11.0. The minimum Gasteiger partial charge on any atom is -0.458 e. The van der Waals surface area contributed by atoms with Gasteiger partial charge in [-0.05, 0) is 23.3 Å². The molecule has 0 bridgehead atoms. The third kappa shape index (κ3) is 4.97. The zero-order valence-electron chi connectivity index (χ0n) is 15.6. The first-order chi connectivity index (χ1) is 13.1. The summed E-state index contributed by atoms with van der Waals surface area (Å²) >= 11 is 0. The summed E-state index contributed by atoms with van der Waals surface area (Å²) in [6, 6.07) is 22.1. The van der Waals surface area contributed by atoms with Gasteiger partial charge in [-0.15, -0.1) is 0 Å². The molecule has 3 aromatic carbocycles. The molecule has 0 aliphatic heterocycles. The molecule has 0 amide bonds. The lowest BCUT2D eigenvalue weighted by Crippen LogP contribution is -2.07. The van der Waals surface area contributed by atoms with E-state index in [0.717, 1.165) is 27.5 Å². The number of esters is 1. The summed E-state index contributed by atoms with van der Waals surface area (Å²) in [5, 5.41) is 2.15. The second kappa shape index (κ2) is 9.02. The van der Waals surface area contributed by atoms with Crippen LogP contribution in [0.5, 0.6) is 0 Å². The molecule has 3 heteroatoms. The summed E-state index contributed by atoms with van der Waals surface area (Å²) in [6.45, 7) is 4.14. The lowest BCUT2D eigenvalue weighted by atomic mass is 9.96. The van der Waals surface area contributed by atoms with E-state index < -0.39 is 0 Å². The van der Waals surface area contributed by atoms with Crippen molar-refractivity contribution < 1.29 is 14.3 Å². The lowest BCUT2D eigenvalue weighted by Gasteiger charge is -2.15. The SMILES string of the molecule is CC(=O)OC(C)c1ccc2ccccc2c1C#CCOCc1ccccc1. The summed E-state index contributed by atoms with van der Waals surface area (Å²) in [7, 11) is 0. The Morgan fingerprint density at radius 3 is 2.52 bits per heavy atom. The Morgan fingerprint density at radius 1 is 1.00 bits per heavy atom. The number of fused-ring (bicyclic) bond motifs is 1. The van der Waals surface area contributed by atoms with E-state index in [-0.39, 0.29) is 12.1 Å². The van der Waals surface area contributed by atoms with Gasteiger partial charge in [0.25, 0.3) is 0 Å². The van der Waals surface area contributed by atoms with Crippen LogP contribution in [0.1, 0.15) is 36.6 Å². The maximum Gasteiger partial charge on any atom is 0.303 e. The fourth-order valence-electron chi connectivity index (χ4n) is 3.00. The summed E-state index contributed by atoms with van der Waals surface area (Å²) in [6.07, 6.45) is -0.360. The highest BCUT2D eigenvalue weighted by Gasteiger charge is 2.14. The predicted octanol–water partition coefficient (Wildman–Crippen LogP) is 5.03. The van der Waals surface area contributed by atoms with E-state index in [1.165, 1.54) is 6.92 Å². The van der Waals surface area contributed by atoms with Crippen LogP contribution in [-0.2, 0) is 20.9 Å². The first-order valence-corrected chi connectivity index (χ1v) is 8.94. The average molecular weight is 358 g/mol. The zero-order chi connectivity index (χ0) is 19.1. The average Bonchev–Trinajstić information content (AvgIpc) is 2.68. The highest BCUT2D eigenvalue weighted by molar-refractivity contribution is 5.89. The first kappa shape index (κ1) is 18.7. The molecule has 0 aliphatic carbocycles. The van der Waals surface area contributed by atoms with Crippen LogP contribution in [0, 0.1) is 11.8 Å². The van der Waals surface area contributed by atoms with E-state index in [2.05, 4.69) is 11.8 Å². The summed E-state index contributed by atoms with van der Waals surface area (Å²) in [5.41, 5.74) is 2.90. The molecule has 1 unspecified atom stereocenters. The van der Waals surface area contributed by atoms with Gasteiger partial charge in [0.2, 0.25) is 0 Å². The molecule has 0 aliphatic rings. The summed E-state index contributed by atoms with van der Waals surface area (Å²) in [5.74, 6) is 6.03. The van der Waals surface area contributed by atoms with Crippen LogP contribution in [-0.4, -0.2) is 12.6 Å². The molecule has 0 aromatic heterocycles. The van der Waals surface area contributed by atoms with Crippen molar-refractivity contribution in [3.8, 4) is 11.8 Å². The van der Waals surface area contributed by atoms with Gasteiger partial charge in [0, 0.05) is 18.1 Å². The molecule has 0 saturated heterocycles. The number of benzene rings is 3. The maximum atomic E-state index is 11.4. The van der Waals surface area contributed by atoms with Crippen molar-refractivity contribution in [2.45, 2.75) is 26.6 Å². The second-order valence-corrected chi connectivity index (χ2v) is 6.28. The van der Waals surface area contributed by atoms with E-state index in [1.54, 1.807) is 0 Å². The molecule has 0 spiro atoms. The van der Waals surface area contributed by atoms with Gasteiger partial charge in [0.05, 0.1) is 6.61 Å². The molecule has 0 fully saturated rings. The Morgan fingerprint density at radius 2 is 1.74 bits per heavy atom. The molecule has 1 atom stereocenters. The minimum absolute atomic E-state index is 0.305. The number of carbonyl (C=O) groups is 1. The van der Waals surface area contributed by atoms with Crippen molar-refractivity contribution in [3.05, 3.63) is 83.4 Å². The normalized spacial score (nSPS) is 11.5. The second-order valence-electron chi connectivity index (χ2n) is 6.28. The molecule has 0 radical (unpaired) electrons. The van der Waals surface area contributed by atoms with Gasteiger partial charge in [0.1, 0.15) is 12.7 Å². The Bertz CT molecular complexity index is 981. The lowest BCUT2D eigenvalue weighted by molar-refractivity contribution is -0.145. The topological polar surface area (TPSA) is 35.5 Å². The Hall–Kier alpha value is -3.09. The van der Waals surface area contributed by atoms with Crippen LogP contribution in [0.3, 0.4) is 0 Å². The highest BCUT2D eigenvalue weighted by atomic mass is 16.5. The predicted molar refractivity (Wildman–Crippen MR) is 107 cm³/mol. The Kier molecular flexibility index (Phi) is 6.25. The maximum absolute atomic E-state index is 11.4. The number of carbonyl (C=O) groups excluding carboxylic acids is 1. The number of hydrogen-bond donors (Lipinski definition) is 0. The van der Waals surface area contributed by atoms with E-state index >= 15 is 0 Å². The van der Waals surface area contributed by atoms with Crippen molar-refractivity contribution in [2.24, 2.45) is 0 Å². The third-order valence-corrected chi connectivity index (χ3v) is 4.24. The van der Waals surface area contributed by atoms with Crippen molar-refractivity contribution in [1.29, 1.82) is 0 Å². The molecular weight excluding hydrogens is 336 g/mol. The number of hydrogen-bond acceptors (Lipinski definition) is 3. The molecular formula is C24H22O3. The third-order valence-electron chi connectivity index (χ3n) is 4.24.